The highest BCUT2D eigenvalue weighted by Gasteiger charge is 2.21. The van der Waals surface area contributed by atoms with Crippen LogP contribution in [-0.2, 0) is 9.47 Å². The molecule has 1 aromatic carbocycles. The molecule has 1 aromatic rings. The molecule has 0 aromatic heterocycles. The average molecular weight is 341 g/mol. The second-order valence-corrected chi connectivity index (χ2v) is 5.96. The van der Waals surface area contributed by atoms with E-state index in [2.05, 4.69) is 5.32 Å². The lowest BCUT2D eigenvalue weighted by Crippen LogP contribution is -2.38. The molecule has 6 nitrogen and oxygen atoms in total. The van der Waals surface area contributed by atoms with Crippen molar-refractivity contribution in [3.8, 4) is 0 Å². The Morgan fingerprint density at radius 2 is 2.26 bits per heavy atom. The topological polar surface area (TPSA) is 67.9 Å². The van der Waals surface area contributed by atoms with Gasteiger partial charge in [0.1, 0.15) is 5.56 Å². The summed E-state index contributed by atoms with van der Waals surface area (Å²) < 4.78 is 10.1. The maximum Gasteiger partial charge on any atom is 0.341 e. The lowest BCUT2D eigenvalue weighted by molar-refractivity contribution is 0.0464. The summed E-state index contributed by atoms with van der Waals surface area (Å²) in [5.74, 6) is -0.256. The fraction of sp³-hybridized carbons (Fsp3) is 0.500. The van der Waals surface area contributed by atoms with E-state index >= 15 is 0 Å². The van der Waals surface area contributed by atoms with Crippen molar-refractivity contribution in [3.63, 3.8) is 0 Å². The molecule has 1 fully saturated rings. The maximum absolute atomic E-state index is 12.3. The highest BCUT2D eigenvalue weighted by atomic mass is 35.5. The molecule has 2 amide bonds. The molecule has 0 saturated carbocycles. The standard InChI is InChI=1S/C16H21ClN2O4/c1-19(9-11-5-4-8-23-10-11)16(21)18-13-7-3-6-12(17)14(13)15(20)22-2/h3,6-7,11H,4-5,8-10H2,1-2H3,(H,18,21). The van der Waals surface area contributed by atoms with Crippen molar-refractivity contribution < 1.29 is 19.1 Å². The number of carbonyl (C=O) groups is 2. The number of amides is 2. The van der Waals surface area contributed by atoms with E-state index in [1.165, 1.54) is 7.11 Å². The number of hydrogen-bond donors (Lipinski definition) is 1. The minimum atomic E-state index is -0.589. The number of anilines is 1. The Bertz CT molecular complexity index is 573. The molecule has 23 heavy (non-hydrogen) atoms. The SMILES string of the molecule is COC(=O)c1c(Cl)cccc1NC(=O)N(C)CC1CCCOC1. The van der Waals surface area contributed by atoms with Gasteiger partial charge < -0.3 is 19.7 Å². The molecule has 0 radical (unpaired) electrons. The molecule has 0 bridgehead atoms. The summed E-state index contributed by atoms with van der Waals surface area (Å²) in [6.45, 7) is 2.06. The molecular weight excluding hydrogens is 320 g/mol. The van der Waals surface area contributed by atoms with E-state index in [9.17, 15) is 9.59 Å². The van der Waals surface area contributed by atoms with Crippen LogP contribution in [0.4, 0.5) is 10.5 Å². The highest BCUT2D eigenvalue weighted by molar-refractivity contribution is 6.34. The van der Waals surface area contributed by atoms with Crippen LogP contribution < -0.4 is 5.32 Å². The molecule has 1 saturated heterocycles. The molecule has 1 aliphatic heterocycles. The Morgan fingerprint density at radius 3 is 2.91 bits per heavy atom. The van der Waals surface area contributed by atoms with E-state index < -0.39 is 5.97 Å². The number of urea groups is 1. The highest BCUT2D eigenvalue weighted by Crippen LogP contribution is 2.25. The van der Waals surface area contributed by atoms with Crippen molar-refractivity contribution in [1.82, 2.24) is 4.90 Å². The van der Waals surface area contributed by atoms with Crippen LogP contribution in [0.5, 0.6) is 0 Å². The third kappa shape index (κ3) is 4.59. The Labute approximate surface area is 140 Å². The zero-order chi connectivity index (χ0) is 16.8. The van der Waals surface area contributed by atoms with Gasteiger partial charge in [-0.15, -0.1) is 0 Å². The van der Waals surface area contributed by atoms with Gasteiger partial charge in [0.25, 0.3) is 0 Å². The Kier molecular flexibility index (Phi) is 6.24. The van der Waals surface area contributed by atoms with Crippen molar-refractivity contribution in [2.24, 2.45) is 5.92 Å². The van der Waals surface area contributed by atoms with Crippen LogP contribution in [0.1, 0.15) is 23.2 Å². The van der Waals surface area contributed by atoms with Gasteiger partial charge >= 0.3 is 12.0 Å². The predicted molar refractivity (Wildman–Crippen MR) is 88.0 cm³/mol. The van der Waals surface area contributed by atoms with Crippen LogP contribution in [0.25, 0.3) is 0 Å². The van der Waals surface area contributed by atoms with Crippen LogP contribution in [0.3, 0.4) is 0 Å². The minimum Gasteiger partial charge on any atom is -0.465 e. The first-order valence-corrected chi connectivity index (χ1v) is 7.87. The van der Waals surface area contributed by atoms with Crippen molar-refractivity contribution >= 4 is 29.3 Å². The molecule has 1 heterocycles. The van der Waals surface area contributed by atoms with E-state index in [0.29, 0.717) is 24.8 Å². The van der Waals surface area contributed by atoms with E-state index in [0.717, 1.165) is 19.4 Å². The third-order valence-corrected chi connectivity index (χ3v) is 4.09. The van der Waals surface area contributed by atoms with Gasteiger partial charge in [-0.2, -0.15) is 0 Å². The molecule has 1 N–H and O–H groups in total. The normalized spacial score (nSPS) is 17.4. The quantitative estimate of drug-likeness (QED) is 0.855. The monoisotopic (exact) mass is 340 g/mol. The molecule has 7 heteroatoms. The molecule has 1 atom stereocenters. The molecule has 126 valence electrons. The van der Waals surface area contributed by atoms with Crippen LogP contribution in [0.15, 0.2) is 18.2 Å². The Balaban J connectivity index is 2.04. The van der Waals surface area contributed by atoms with E-state index in [-0.39, 0.29) is 16.6 Å². The van der Waals surface area contributed by atoms with Gasteiger partial charge in [0, 0.05) is 26.1 Å². The molecule has 2 rings (SSSR count). The van der Waals surface area contributed by atoms with Crippen molar-refractivity contribution in [1.29, 1.82) is 0 Å². The summed E-state index contributed by atoms with van der Waals surface area (Å²) in [5.41, 5.74) is 0.487. The second-order valence-electron chi connectivity index (χ2n) is 5.55. The second kappa shape index (κ2) is 8.17. The number of ether oxygens (including phenoxy) is 2. The number of nitrogens with one attached hydrogen (secondary N) is 1. The third-order valence-electron chi connectivity index (χ3n) is 3.78. The van der Waals surface area contributed by atoms with E-state index in [1.807, 2.05) is 0 Å². The number of halogens is 1. The number of nitrogens with zero attached hydrogens (tertiary/aromatic N) is 1. The zero-order valence-electron chi connectivity index (χ0n) is 13.3. The number of rotatable bonds is 4. The van der Waals surface area contributed by atoms with Gasteiger partial charge in [0.2, 0.25) is 0 Å². The van der Waals surface area contributed by atoms with E-state index in [1.54, 1.807) is 30.1 Å². The van der Waals surface area contributed by atoms with Crippen molar-refractivity contribution in [2.75, 3.05) is 39.2 Å². The largest absolute Gasteiger partial charge is 0.465 e. The number of benzene rings is 1. The summed E-state index contributed by atoms with van der Waals surface area (Å²) >= 11 is 6.04. The first kappa shape index (κ1) is 17.6. The average Bonchev–Trinajstić information content (AvgIpc) is 2.55. The maximum atomic E-state index is 12.3. The fourth-order valence-corrected chi connectivity index (χ4v) is 2.82. The first-order valence-electron chi connectivity index (χ1n) is 7.49. The molecule has 1 aliphatic rings. The number of esters is 1. The fourth-order valence-electron chi connectivity index (χ4n) is 2.57. The van der Waals surface area contributed by atoms with Gasteiger partial charge in [-0.1, -0.05) is 17.7 Å². The van der Waals surface area contributed by atoms with Crippen molar-refractivity contribution in [2.45, 2.75) is 12.8 Å². The first-order chi connectivity index (χ1) is 11.0. The lowest BCUT2D eigenvalue weighted by atomic mass is 10.0. The Hall–Kier alpha value is -1.79. The lowest BCUT2D eigenvalue weighted by Gasteiger charge is -2.27. The summed E-state index contributed by atoms with van der Waals surface area (Å²) in [6.07, 6.45) is 2.06. The van der Waals surface area contributed by atoms with E-state index in [4.69, 9.17) is 21.1 Å². The summed E-state index contributed by atoms with van der Waals surface area (Å²) in [6, 6.07) is 4.56. The molecular formula is C16H21ClN2O4. The van der Waals surface area contributed by atoms with Gasteiger partial charge in [-0.25, -0.2) is 9.59 Å². The molecule has 1 unspecified atom stereocenters. The predicted octanol–water partition coefficient (Wildman–Crippen LogP) is 3.02. The number of hydrogen-bond acceptors (Lipinski definition) is 4. The Morgan fingerprint density at radius 1 is 1.48 bits per heavy atom. The van der Waals surface area contributed by atoms with Gasteiger partial charge in [-0.3, -0.25) is 0 Å². The number of methoxy groups -OCH3 is 1. The van der Waals surface area contributed by atoms with Crippen molar-refractivity contribution in [3.05, 3.63) is 28.8 Å². The molecule has 0 spiro atoms. The van der Waals surface area contributed by atoms with Crippen LogP contribution in [-0.4, -0.2) is 50.8 Å². The van der Waals surface area contributed by atoms with Gasteiger partial charge in [0.15, 0.2) is 0 Å². The smallest absolute Gasteiger partial charge is 0.341 e. The molecule has 0 aliphatic carbocycles. The number of carbonyl (C=O) groups excluding carboxylic acids is 2. The van der Waals surface area contributed by atoms with Crippen LogP contribution in [0.2, 0.25) is 5.02 Å². The summed E-state index contributed by atoms with van der Waals surface area (Å²) in [7, 11) is 2.98. The van der Waals surface area contributed by atoms with Gasteiger partial charge in [-0.05, 0) is 25.0 Å². The summed E-state index contributed by atoms with van der Waals surface area (Å²) in [4.78, 5) is 25.8. The zero-order valence-corrected chi connectivity index (χ0v) is 14.1. The van der Waals surface area contributed by atoms with Crippen LogP contribution >= 0.6 is 11.6 Å². The summed E-state index contributed by atoms with van der Waals surface area (Å²) in [5, 5.41) is 2.95. The van der Waals surface area contributed by atoms with Crippen LogP contribution in [0, 0.1) is 5.92 Å². The minimum absolute atomic E-state index is 0.152. The van der Waals surface area contributed by atoms with Gasteiger partial charge in [0.05, 0.1) is 24.4 Å².